The number of likely N-dealkylation sites (tertiary alicyclic amines) is 1. The molecule has 234 valence electrons. The highest BCUT2D eigenvalue weighted by Gasteiger charge is 2.57. The summed E-state index contributed by atoms with van der Waals surface area (Å²) in [5.74, 6) is -2.23. The summed E-state index contributed by atoms with van der Waals surface area (Å²) in [7, 11) is -0.935. The number of hydrogen-bond donors (Lipinski definition) is 3. The molecule has 4 aliphatic rings. The third-order valence-electron chi connectivity index (χ3n) is 8.73. The van der Waals surface area contributed by atoms with Crippen LogP contribution < -0.4 is 10.2 Å². The minimum atomic E-state index is -2.91. The average molecular weight is 787 g/mol. The topological polar surface area (TPSA) is 101 Å². The van der Waals surface area contributed by atoms with Gasteiger partial charge < -0.3 is 15.1 Å². The molecule has 3 aromatic heterocycles. The lowest BCUT2D eigenvalue weighted by molar-refractivity contribution is -0.0721. The van der Waals surface area contributed by atoms with Gasteiger partial charge in [0.25, 0.3) is 5.92 Å². The predicted octanol–water partition coefficient (Wildman–Crippen LogP) is 5.71. The van der Waals surface area contributed by atoms with Gasteiger partial charge in [0.2, 0.25) is 0 Å². The third kappa shape index (κ3) is 6.26. The molecule has 2 aliphatic heterocycles. The smallest absolute Gasteiger partial charge is 0.322 e. The maximum absolute atomic E-state index is 14.9. The first-order valence-corrected chi connectivity index (χ1v) is 21.0. The Kier molecular flexibility index (Phi) is 8.70. The van der Waals surface area contributed by atoms with Crippen molar-refractivity contribution in [3.05, 3.63) is 18.5 Å². The molecule has 0 bridgehead atoms. The summed E-state index contributed by atoms with van der Waals surface area (Å²) in [6.07, 6.45) is 7.80. The lowest BCUT2D eigenvalue weighted by Crippen LogP contribution is -2.54. The van der Waals surface area contributed by atoms with Crippen molar-refractivity contribution in [3.8, 4) is 11.4 Å². The third-order valence-corrected chi connectivity index (χ3v) is 11.9. The Morgan fingerprint density at radius 2 is 1.86 bits per heavy atom. The lowest BCUT2D eigenvalue weighted by Gasteiger charge is -2.40. The van der Waals surface area contributed by atoms with Gasteiger partial charge in [-0.1, -0.05) is 0 Å². The molecule has 2 saturated carbocycles. The summed E-state index contributed by atoms with van der Waals surface area (Å²) in [6, 6.07) is 1.23. The molecule has 18 heteroatoms. The zero-order valence-corrected chi connectivity index (χ0v) is 28.9. The largest absolute Gasteiger partial charge is 0.352 e. The van der Waals surface area contributed by atoms with Crippen molar-refractivity contribution in [2.45, 2.75) is 67.4 Å². The quantitative estimate of drug-likeness (QED) is 0.123. The molecule has 7 rings (SSSR count). The Morgan fingerprint density at radius 1 is 1.16 bits per heavy atom. The highest BCUT2D eigenvalue weighted by molar-refractivity contribution is 14.2. The van der Waals surface area contributed by atoms with Gasteiger partial charge in [-0.15, -0.1) is 23.3 Å². The van der Waals surface area contributed by atoms with Gasteiger partial charge in [-0.2, -0.15) is 10.2 Å². The molecule has 2 saturated heterocycles. The molecule has 1 N–H and O–H groups in total. The molecule has 2 amide bonds. The molecule has 2 aliphatic carbocycles. The van der Waals surface area contributed by atoms with E-state index in [-0.39, 0.29) is 24.6 Å². The Bertz CT molecular complexity index is 1580. The number of thiol groups is 2. The van der Waals surface area contributed by atoms with Crippen molar-refractivity contribution in [3.63, 3.8) is 0 Å². The molecule has 1 spiro atoms. The van der Waals surface area contributed by atoms with Crippen LogP contribution in [0, 0.1) is 0 Å². The maximum atomic E-state index is 14.9. The number of nitrogens with zero attached hydrogens (tertiary/aromatic N) is 7. The van der Waals surface area contributed by atoms with Crippen LogP contribution in [0.1, 0.15) is 38.5 Å². The van der Waals surface area contributed by atoms with Crippen LogP contribution in [0.5, 0.6) is 0 Å². The van der Waals surface area contributed by atoms with Crippen molar-refractivity contribution >= 4 is 91.0 Å². The number of alkyl halides is 3. The molecule has 43 heavy (non-hydrogen) atoms. The second-order valence-corrected chi connectivity index (χ2v) is 15.5. The zero-order chi connectivity index (χ0) is 30.7. The van der Waals surface area contributed by atoms with Crippen LogP contribution in [0.25, 0.3) is 22.3 Å². The van der Waals surface area contributed by atoms with Crippen LogP contribution in [0.15, 0.2) is 18.5 Å². The number of piperidine rings is 1. The van der Waals surface area contributed by atoms with Gasteiger partial charge in [0.15, 0.2) is 5.82 Å². The van der Waals surface area contributed by atoms with E-state index in [1.807, 2.05) is 4.90 Å². The number of urea groups is 1. The first-order chi connectivity index (χ1) is 20.5. The number of halogens is 4. The number of pyridine rings is 1. The van der Waals surface area contributed by atoms with Gasteiger partial charge in [-0.05, 0) is 60.2 Å². The fourth-order valence-electron chi connectivity index (χ4n) is 5.78. The van der Waals surface area contributed by atoms with Crippen molar-refractivity contribution in [1.29, 1.82) is 0 Å². The van der Waals surface area contributed by atoms with Crippen molar-refractivity contribution in [2.75, 3.05) is 36.1 Å². The van der Waals surface area contributed by atoms with Crippen LogP contribution in [0.3, 0.4) is 0 Å². The molecule has 0 aromatic carbocycles. The van der Waals surface area contributed by atoms with Gasteiger partial charge in [0.1, 0.15) is 11.4 Å². The van der Waals surface area contributed by atoms with Crippen molar-refractivity contribution in [2.24, 2.45) is 0 Å². The summed E-state index contributed by atoms with van der Waals surface area (Å²) in [5, 5.41) is 13.0. The molecule has 5 heterocycles. The van der Waals surface area contributed by atoms with E-state index in [0.29, 0.717) is 60.8 Å². The molecule has 4 fully saturated rings. The van der Waals surface area contributed by atoms with E-state index in [4.69, 9.17) is 5.10 Å². The van der Waals surface area contributed by atoms with Gasteiger partial charge in [-0.25, -0.2) is 22.4 Å². The van der Waals surface area contributed by atoms with E-state index in [1.165, 1.54) is 4.90 Å². The number of nitrogens with one attached hydrogen (secondary N) is 1. The Hall–Kier alpha value is -1.30. The van der Waals surface area contributed by atoms with E-state index in [2.05, 4.69) is 60.8 Å². The Morgan fingerprint density at radius 3 is 2.49 bits per heavy atom. The van der Waals surface area contributed by atoms with Gasteiger partial charge in [0.05, 0.1) is 53.2 Å². The highest BCUT2D eigenvalue weighted by Crippen LogP contribution is 2.51. The second-order valence-electron chi connectivity index (χ2n) is 11.8. The van der Waals surface area contributed by atoms with E-state index >= 15 is 0 Å². The van der Waals surface area contributed by atoms with E-state index < -0.39 is 40.5 Å². The summed E-state index contributed by atoms with van der Waals surface area (Å²) >= 11 is 8.61. The van der Waals surface area contributed by atoms with Crippen LogP contribution >= 0.6 is 51.7 Å². The fraction of sp³-hybridized carbons (Fsp3) is 0.600. The number of carbonyl (C=O) groups excluding carboxylic acids is 1. The zero-order valence-electron chi connectivity index (χ0n) is 23.1. The predicted molar refractivity (Wildman–Crippen MR) is 179 cm³/mol. The first kappa shape index (κ1) is 31.7. The van der Waals surface area contributed by atoms with E-state index in [9.17, 15) is 22.2 Å². The molecule has 10 nitrogen and oxygen atoms in total. The number of carbonyl (C=O) groups is 1. The average Bonchev–Trinajstić information content (AvgIpc) is 3.82. The number of fused-ring (bicyclic) bond motifs is 1. The minimum absolute atomic E-state index is 0.0669. The van der Waals surface area contributed by atoms with Crippen LogP contribution in [0.2, 0.25) is 0 Å². The summed E-state index contributed by atoms with van der Waals surface area (Å²) in [5.41, 5.74) is 0.144. The van der Waals surface area contributed by atoms with Gasteiger partial charge >= 0.3 is 6.03 Å². The van der Waals surface area contributed by atoms with Crippen LogP contribution in [-0.2, 0) is 17.3 Å². The molecule has 2 unspecified atom stereocenters. The maximum Gasteiger partial charge on any atom is 0.322 e. The molecule has 2 atom stereocenters. The monoisotopic (exact) mass is 786 g/mol. The van der Waals surface area contributed by atoms with Crippen LogP contribution in [-0.4, -0.2) is 87.7 Å². The number of aromatic nitrogens is 5. The lowest BCUT2D eigenvalue weighted by atomic mass is 9.97. The van der Waals surface area contributed by atoms with Crippen LogP contribution in [0.4, 0.5) is 29.5 Å². The van der Waals surface area contributed by atoms with Gasteiger partial charge in [-0.3, -0.25) is 13.9 Å². The number of rotatable bonds is 7. The minimum Gasteiger partial charge on any atom is -0.352 e. The van der Waals surface area contributed by atoms with Crippen molar-refractivity contribution < 1.29 is 22.2 Å². The number of hydrogen-bond acceptors (Lipinski definition) is 8. The van der Waals surface area contributed by atoms with E-state index in [0.717, 1.165) is 18.2 Å². The SMILES string of the molecule is CS(=O)C1CN(c2nn(CC3(F)CC3)c3cc(-c4nn(PI)cc4NC(=O)N4CC(F)(F)CCC45CC5)ncc23)C1.SS. The molecular weight excluding hydrogens is 755 g/mol. The first-order valence-electron chi connectivity index (χ1n) is 13.7. The molecule has 3 aromatic rings. The fourth-order valence-corrected chi connectivity index (χ4v) is 7.62. The number of anilines is 2. The highest BCUT2D eigenvalue weighted by atomic mass is 127. The Balaban J connectivity index is 0.00000161. The summed E-state index contributed by atoms with van der Waals surface area (Å²) in [6.45, 7) is 0.719. The normalized spacial score (nSPS) is 22.4. The number of amides is 2. The van der Waals surface area contributed by atoms with Crippen molar-refractivity contribution in [1.82, 2.24) is 29.2 Å². The van der Waals surface area contributed by atoms with Gasteiger partial charge in [0, 0.05) is 48.3 Å². The second kappa shape index (κ2) is 11.8. The molecular formula is C25H31F3IN8O2PS3. The molecule has 0 radical (unpaired) electrons. The summed E-state index contributed by atoms with van der Waals surface area (Å²) < 4.78 is 58.7. The Labute approximate surface area is 274 Å². The standard InChI is InChI=1S/C25H29F3IN8O2PS.H2S2/c1-41(39)15-10-34(11-15)21-16-9-30-17(8-19(16)36(33-21)13-23(26)2-3-23)20-18(12-37(32-20)40-29)31-22(38)35-14-25(27,28)7-6-24(35)4-5-24;1-2/h8-9,12,15,40H,2-7,10-11,13-14H2,1H3,(H,31,38);1-2H. The summed E-state index contributed by atoms with van der Waals surface area (Å²) in [4.78, 5) is 21.3. The van der Waals surface area contributed by atoms with E-state index in [1.54, 1.807) is 33.8 Å².